The molecule has 46 heavy (non-hydrogen) atoms. The standard InChI is InChI=1S/C42H35N3O/c46-41(37-29-44(28-31-15-5-1-6-16-31)39-24-14-13-23-36(37)39)32-25-26-40-38(27-32)43-30-45(40)42(33-17-7-2-8-18-33,34-19-9-3-10-20-34)35-21-11-4-12-22-35/h1-24,29-30,32H,25-28H2. The maximum absolute atomic E-state index is 14.3. The Hall–Kier alpha value is -5.48. The van der Waals surface area contributed by atoms with Gasteiger partial charge in [-0.1, -0.05) is 140 Å². The van der Waals surface area contributed by atoms with Crippen LogP contribution in [0.5, 0.6) is 0 Å². The third-order valence-corrected chi connectivity index (χ3v) is 9.68. The first kappa shape index (κ1) is 28.0. The van der Waals surface area contributed by atoms with Gasteiger partial charge in [-0.15, -0.1) is 0 Å². The van der Waals surface area contributed by atoms with Gasteiger partial charge in [0, 0.05) is 47.2 Å². The van der Waals surface area contributed by atoms with Crippen LogP contribution in [0.3, 0.4) is 0 Å². The highest BCUT2D eigenvalue weighted by Gasteiger charge is 2.41. The zero-order valence-electron chi connectivity index (χ0n) is 25.7. The molecule has 0 saturated carbocycles. The summed E-state index contributed by atoms with van der Waals surface area (Å²) in [6.07, 6.45) is 6.27. The molecule has 4 nitrogen and oxygen atoms in total. The highest BCUT2D eigenvalue weighted by Crippen LogP contribution is 2.43. The van der Waals surface area contributed by atoms with Crippen molar-refractivity contribution in [3.63, 3.8) is 0 Å². The Morgan fingerprint density at radius 1 is 0.696 bits per heavy atom. The Labute approximate surface area is 269 Å². The van der Waals surface area contributed by atoms with Crippen LogP contribution < -0.4 is 0 Å². The molecule has 224 valence electrons. The number of imidazole rings is 1. The molecule has 0 fully saturated rings. The number of ketones is 1. The molecular weight excluding hydrogens is 562 g/mol. The van der Waals surface area contributed by atoms with Crippen LogP contribution in [0, 0.1) is 5.92 Å². The van der Waals surface area contributed by atoms with Crippen LogP contribution in [0.1, 0.15) is 50.4 Å². The summed E-state index contributed by atoms with van der Waals surface area (Å²) in [7, 11) is 0. The summed E-state index contributed by atoms with van der Waals surface area (Å²) in [5.41, 5.74) is 8.27. The zero-order valence-corrected chi connectivity index (χ0v) is 25.7. The van der Waals surface area contributed by atoms with E-state index in [0.717, 1.165) is 41.5 Å². The number of aromatic nitrogens is 3. The Kier molecular flexibility index (Phi) is 7.18. The minimum absolute atomic E-state index is 0.119. The number of benzene rings is 5. The molecule has 1 atom stereocenters. The summed E-state index contributed by atoms with van der Waals surface area (Å²) in [5, 5.41) is 1.02. The smallest absolute Gasteiger partial charge is 0.168 e. The lowest BCUT2D eigenvalue weighted by Gasteiger charge is -2.39. The normalized spacial score (nSPS) is 14.7. The number of hydrogen-bond donors (Lipinski definition) is 0. The van der Waals surface area contributed by atoms with Gasteiger partial charge in [-0.25, -0.2) is 4.98 Å². The van der Waals surface area contributed by atoms with E-state index in [1.54, 1.807) is 0 Å². The molecule has 4 heteroatoms. The molecule has 0 saturated heterocycles. The summed E-state index contributed by atoms with van der Waals surface area (Å²) in [5.74, 6) is 0.0926. The van der Waals surface area contributed by atoms with E-state index in [4.69, 9.17) is 4.98 Å². The minimum atomic E-state index is -0.605. The van der Waals surface area contributed by atoms with Crippen molar-refractivity contribution in [2.24, 2.45) is 5.92 Å². The fourth-order valence-corrected chi connectivity index (χ4v) is 7.53. The number of para-hydroxylation sites is 1. The summed E-state index contributed by atoms with van der Waals surface area (Å²) >= 11 is 0. The minimum Gasteiger partial charge on any atom is -0.342 e. The lowest BCUT2D eigenvalue weighted by molar-refractivity contribution is 0.0908. The molecule has 7 aromatic rings. The third-order valence-electron chi connectivity index (χ3n) is 9.68. The second-order valence-corrected chi connectivity index (χ2v) is 12.3. The van der Waals surface area contributed by atoms with Gasteiger partial charge in [0.2, 0.25) is 0 Å². The SMILES string of the molecule is O=C(c1cn(Cc2ccccc2)c2ccccc12)C1CCc2c(ncn2C(c2ccccc2)(c2ccccc2)c2ccccc2)C1. The van der Waals surface area contributed by atoms with Gasteiger partial charge in [0.1, 0.15) is 5.54 Å². The van der Waals surface area contributed by atoms with Gasteiger partial charge in [-0.2, -0.15) is 0 Å². The van der Waals surface area contributed by atoms with Crippen LogP contribution in [0.25, 0.3) is 10.9 Å². The second-order valence-electron chi connectivity index (χ2n) is 12.3. The van der Waals surface area contributed by atoms with Crippen molar-refractivity contribution in [3.8, 4) is 0 Å². The fraction of sp³-hybridized carbons (Fsp3) is 0.143. The molecule has 1 aliphatic carbocycles. The van der Waals surface area contributed by atoms with Crippen LogP contribution in [0.15, 0.2) is 158 Å². The van der Waals surface area contributed by atoms with Gasteiger partial charge in [0.25, 0.3) is 0 Å². The lowest BCUT2D eigenvalue weighted by Crippen LogP contribution is -2.39. The van der Waals surface area contributed by atoms with Crippen molar-refractivity contribution in [2.75, 3.05) is 0 Å². The Morgan fingerprint density at radius 2 is 1.24 bits per heavy atom. The highest BCUT2D eigenvalue weighted by atomic mass is 16.1. The van der Waals surface area contributed by atoms with Crippen LogP contribution in [-0.2, 0) is 24.9 Å². The number of rotatable bonds is 8. The van der Waals surface area contributed by atoms with E-state index in [1.165, 1.54) is 27.9 Å². The predicted molar refractivity (Wildman–Crippen MR) is 184 cm³/mol. The number of fused-ring (bicyclic) bond motifs is 2. The summed E-state index contributed by atoms with van der Waals surface area (Å²) < 4.78 is 4.60. The van der Waals surface area contributed by atoms with Crippen LogP contribution in [-0.4, -0.2) is 19.9 Å². The van der Waals surface area contributed by atoms with Crippen LogP contribution in [0.4, 0.5) is 0 Å². The van der Waals surface area contributed by atoms with Crippen molar-refractivity contribution in [2.45, 2.75) is 31.3 Å². The molecule has 5 aromatic carbocycles. The maximum Gasteiger partial charge on any atom is 0.168 e. The third kappa shape index (κ3) is 4.69. The molecule has 2 heterocycles. The molecule has 0 N–H and O–H groups in total. The zero-order chi connectivity index (χ0) is 30.9. The van der Waals surface area contributed by atoms with E-state index < -0.39 is 5.54 Å². The van der Waals surface area contributed by atoms with E-state index in [9.17, 15) is 4.79 Å². The number of hydrogen-bond acceptors (Lipinski definition) is 2. The largest absolute Gasteiger partial charge is 0.342 e. The first-order valence-electron chi connectivity index (χ1n) is 16.1. The monoisotopic (exact) mass is 597 g/mol. The molecule has 0 aliphatic heterocycles. The Balaban J connectivity index is 1.19. The fourth-order valence-electron chi connectivity index (χ4n) is 7.53. The van der Waals surface area contributed by atoms with Crippen molar-refractivity contribution >= 4 is 16.7 Å². The Morgan fingerprint density at radius 3 is 1.85 bits per heavy atom. The van der Waals surface area contributed by atoms with Gasteiger partial charge in [0.15, 0.2) is 5.78 Å². The molecular formula is C42H35N3O. The molecule has 1 aliphatic rings. The van der Waals surface area contributed by atoms with Gasteiger partial charge in [0.05, 0.1) is 12.0 Å². The number of carbonyl (C=O) groups is 1. The summed E-state index contributed by atoms with van der Waals surface area (Å²) in [4.78, 5) is 19.4. The molecule has 8 rings (SSSR count). The molecule has 0 radical (unpaired) electrons. The van der Waals surface area contributed by atoms with E-state index >= 15 is 0 Å². The molecule has 1 unspecified atom stereocenters. The molecule has 2 aromatic heterocycles. The van der Waals surface area contributed by atoms with Crippen molar-refractivity contribution in [3.05, 3.63) is 197 Å². The van der Waals surface area contributed by atoms with Gasteiger partial charge < -0.3 is 9.13 Å². The predicted octanol–water partition coefficient (Wildman–Crippen LogP) is 8.71. The maximum atomic E-state index is 14.3. The van der Waals surface area contributed by atoms with E-state index in [-0.39, 0.29) is 11.7 Å². The van der Waals surface area contributed by atoms with Gasteiger partial charge in [-0.05, 0) is 41.2 Å². The summed E-state index contributed by atoms with van der Waals surface area (Å²) in [6.45, 7) is 0.731. The average molecular weight is 598 g/mol. The second kappa shape index (κ2) is 11.8. The number of nitrogens with zero attached hydrogens (tertiary/aromatic N) is 3. The van der Waals surface area contributed by atoms with Crippen molar-refractivity contribution in [1.29, 1.82) is 0 Å². The summed E-state index contributed by atoms with van der Waals surface area (Å²) in [6, 6.07) is 50.9. The first-order valence-corrected chi connectivity index (χ1v) is 16.1. The topological polar surface area (TPSA) is 39.8 Å². The van der Waals surface area contributed by atoms with Crippen LogP contribution in [0.2, 0.25) is 0 Å². The van der Waals surface area contributed by atoms with Gasteiger partial charge >= 0.3 is 0 Å². The van der Waals surface area contributed by atoms with Crippen LogP contribution >= 0.6 is 0 Å². The molecule has 0 bridgehead atoms. The van der Waals surface area contributed by atoms with Crippen molar-refractivity contribution < 1.29 is 4.79 Å². The molecule has 0 spiro atoms. The lowest BCUT2D eigenvalue weighted by atomic mass is 9.76. The number of Topliss-reactive ketones (excluding diaryl/α,β-unsaturated/α-hetero) is 1. The number of carbonyl (C=O) groups excluding carboxylic acids is 1. The highest BCUT2D eigenvalue weighted by molar-refractivity contribution is 6.09. The van der Waals surface area contributed by atoms with Gasteiger partial charge in [-0.3, -0.25) is 4.79 Å². The first-order chi connectivity index (χ1) is 22.7. The van der Waals surface area contributed by atoms with E-state index in [0.29, 0.717) is 6.42 Å². The Bertz CT molecular complexity index is 2020. The van der Waals surface area contributed by atoms with Crippen molar-refractivity contribution in [1.82, 2.24) is 14.1 Å². The quantitative estimate of drug-likeness (QED) is 0.130. The van der Waals surface area contributed by atoms with E-state index in [1.807, 2.05) is 18.5 Å². The van der Waals surface area contributed by atoms with E-state index in [2.05, 4.69) is 149 Å². The molecule has 0 amide bonds. The average Bonchev–Trinajstić information content (AvgIpc) is 3.72.